The summed E-state index contributed by atoms with van der Waals surface area (Å²) in [7, 11) is 0. The van der Waals surface area contributed by atoms with Crippen molar-refractivity contribution < 1.29 is 9.47 Å². The molecule has 0 aliphatic carbocycles. The summed E-state index contributed by atoms with van der Waals surface area (Å²) in [4.78, 5) is 0. The molecule has 0 saturated heterocycles. The molecule has 0 aromatic heterocycles. The van der Waals surface area contributed by atoms with Crippen molar-refractivity contribution in [1.29, 1.82) is 0 Å². The van der Waals surface area contributed by atoms with Crippen LogP contribution in [0, 0.1) is 0 Å². The van der Waals surface area contributed by atoms with Gasteiger partial charge in [0.25, 0.3) is 0 Å². The highest BCUT2D eigenvalue weighted by Crippen LogP contribution is 2.14. The van der Waals surface area contributed by atoms with Crippen LogP contribution in [-0.4, -0.2) is 26.4 Å². The van der Waals surface area contributed by atoms with Gasteiger partial charge in [0, 0.05) is 13.2 Å². The fourth-order valence-corrected chi connectivity index (χ4v) is 1.46. The smallest absolute Gasteiger partial charge is 0.0948 e. The van der Waals surface area contributed by atoms with Gasteiger partial charge in [-0.25, -0.2) is 0 Å². The monoisotopic (exact) mass is 223 g/mol. The molecule has 0 saturated carbocycles. The number of benzene rings is 1. The van der Waals surface area contributed by atoms with Crippen molar-refractivity contribution in [2.45, 2.75) is 19.4 Å². The van der Waals surface area contributed by atoms with Crippen LogP contribution >= 0.6 is 0 Å². The van der Waals surface area contributed by atoms with Gasteiger partial charge in [-0.05, 0) is 12.0 Å². The highest BCUT2D eigenvalue weighted by Gasteiger charge is 2.08. The molecule has 1 rings (SSSR count). The third kappa shape index (κ3) is 4.75. The van der Waals surface area contributed by atoms with Gasteiger partial charge in [0.2, 0.25) is 0 Å². The van der Waals surface area contributed by atoms with E-state index in [9.17, 15) is 0 Å². The molecule has 16 heavy (non-hydrogen) atoms. The van der Waals surface area contributed by atoms with Gasteiger partial charge in [-0.1, -0.05) is 37.3 Å². The maximum Gasteiger partial charge on any atom is 0.0948 e. The lowest BCUT2D eigenvalue weighted by Gasteiger charge is -2.16. The first kappa shape index (κ1) is 13.2. The average molecular weight is 223 g/mol. The van der Waals surface area contributed by atoms with Crippen molar-refractivity contribution in [1.82, 2.24) is 0 Å². The fourth-order valence-electron chi connectivity index (χ4n) is 1.46. The molecule has 0 amide bonds. The van der Waals surface area contributed by atoms with Crippen LogP contribution < -0.4 is 5.73 Å². The topological polar surface area (TPSA) is 44.5 Å². The summed E-state index contributed by atoms with van der Waals surface area (Å²) in [5.74, 6) is 0. The Balaban J connectivity index is 2.27. The first-order valence-corrected chi connectivity index (χ1v) is 5.82. The summed E-state index contributed by atoms with van der Waals surface area (Å²) in [6.07, 6.45) is 1.02. The van der Waals surface area contributed by atoms with E-state index in [0.717, 1.165) is 18.6 Å². The summed E-state index contributed by atoms with van der Waals surface area (Å²) in [6, 6.07) is 10.0. The highest BCUT2D eigenvalue weighted by molar-refractivity contribution is 5.17. The standard InChI is InChI=1S/C13H21NO2/c1-2-8-15-9-10-16-13(11-14)12-6-4-3-5-7-12/h3-7,13H,2,8-11,14H2,1H3. The molecule has 1 atom stereocenters. The van der Waals surface area contributed by atoms with Crippen LogP contribution in [0.2, 0.25) is 0 Å². The van der Waals surface area contributed by atoms with E-state index in [2.05, 4.69) is 6.92 Å². The molecule has 90 valence electrons. The lowest BCUT2D eigenvalue weighted by atomic mass is 10.1. The van der Waals surface area contributed by atoms with Gasteiger partial charge in [-0.15, -0.1) is 0 Å². The van der Waals surface area contributed by atoms with Crippen LogP contribution in [0.3, 0.4) is 0 Å². The Morgan fingerprint density at radius 2 is 1.88 bits per heavy atom. The lowest BCUT2D eigenvalue weighted by molar-refractivity contribution is 0.00766. The number of ether oxygens (including phenoxy) is 2. The summed E-state index contributed by atoms with van der Waals surface area (Å²) in [5.41, 5.74) is 6.81. The van der Waals surface area contributed by atoms with E-state index in [-0.39, 0.29) is 6.10 Å². The van der Waals surface area contributed by atoms with Gasteiger partial charge in [0.1, 0.15) is 0 Å². The van der Waals surface area contributed by atoms with Crippen LogP contribution in [-0.2, 0) is 9.47 Å². The molecule has 0 heterocycles. The van der Waals surface area contributed by atoms with Crippen LogP contribution in [0.4, 0.5) is 0 Å². The van der Waals surface area contributed by atoms with Crippen molar-refractivity contribution in [2.75, 3.05) is 26.4 Å². The Hall–Kier alpha value is -0.900. The molecular weight excluding hydrogens is 202 g/mol. The molecule has 3 heteroatoms. The molecule has 0 radical (unpaired) electrons. The SMILES string of the molecule is CCCOCCOC(CN)c1ccccc1. The third-order valence-electron chi connectivity index (χ3n) is 2.28. The van der Waals surface area contributed by atoms with Crippen molar-refractivity contribution in [3.8, 4) is 0 Å². The Morgan fingerprint density at radius 1 is 1.12 bits per heavy atom. The molecule has 0 bridgehead atoms. The predicted octanol–water partition coefficient (Wildman–Crippen LogP) is 2.13. The van der Waals surface area contributed by atoms with Gasteiger partial charge < -0.3 is 15.2 Å². The zero-order chi connectivity index (χ0) is 11.6. The second kappa shape index (κ2) is 8.28. The fraction of sp³-hybridized carbons (Fsp3) is 0.538. The number of nitrogens with two attached hydrogens (primary N) is 1. The first-order valence-electron chi connectivity index (χ1n) is 5.82. The summed E-state index contributed by atoms with van der Waals surface area (Å²) in [5, 5.41) is 0. The van der Waals surface area contributed by atoms with E-state index in [4.69, 9.17) is 15.2 Å². The minimum absolute atomic E-state index is 0.0218. The van der Waals surface area contributed by atoms with Gasteiger partial charge >= 0.3 is 0 Å². The maximum absolute atomic E-state index is 5.68. The Kier molecular flexibility index (Phi) is 6.81. The second-order valence-corrected chi connectivity index (χ2v) is 3.62. The molecule has 0 fully saturated rings. The summed E-state index contributed by atoms with van der Waals surface area (Å²) < 4.78 is 11.0. The first-order chi connectivity index (χ1) is 7.88. The highest BCUT2D eigenvalue weighted by atomic mass is 16.5. The minimum atomic E-state index is -0.0218. The second-order valence-electron chi connectivity index (χ2n) is 3.62. The van der Waals surface area contributed by atoms with Gasteiger partial charge in [-0.2, -0.15) is 0 Å². The molecular formula is C13H21NO2. The molecule has 1 aromatic rings. The summed E-state index contributed by atoms with van der Waals surface area (Å²) in [6.45, 7) is 4.61. The van der Waals surface area contributed by atoms with Gasteiger partial charge in [0.05, 0.1) is 19.3 Å². The molecule has 1 unspecified atom stereocenters. The summed E-state index contributed by atoms with van der Waals surface area (Å²) >= 11 is 0. The van der Waals surface area contributed by atoms with Crippen LogP contribution in [0.5, 0.6) is 0 Å². The normalized spacial score (nSPS) is 12.6. The van der Waals surface area contributed by atoms with E-state index >= 15 is 0 Å². The molecule has 2 N–H and O–H groups in total. The van der Waals surface area contributed by atoms with Crippen molar-refractivity contribution >= 4 is 0 Å². The predicted molar refractivity (Wildman–Crippen MR) is 65.3 cm³/mol. The number of hydrogen-bond acceptors (Lipinski definition) is 3. The molecule has 3 nitrogen and oxygen atoms in total. The van der Waals surface area contributed by atoms with Crippen LogP contribution in [0.15, 0.2) is 30.3 Å². The molecule has 1 aromatic carbocycles. The quantitative estimate of drug-likeness (QED) is 0.687. The van der Waals surface area contributed by atoms with E-state index in [0.29, 0.717) is 19.8 Å². The van der Waals surface area contributed by atoms with E-state index in [1.54, 1.807) is 0 Å². The van der Waals surface area contributed by atoms with Crippen molar-refractivity contribution in [3.05, 3.63) is 35.9 Å². The van der Waals surface area contributed by atoms with Gasteiger partial charge in [0.15, 0.2) is 0 Å². The molecule has 0 aliphatic rings. The zero-order valence-corrected chi connectivity index (χ0v) is 9.89. The Bertz CT molecular complexity index is 264. The van der Waals surface area contributed by atoms with Crippen LogP contribution in [0.25, 0.3) is 0 Å². The largest absolute Gasteiger partial charge is 0.379 e. The zero-order valence-electron chi connectivity index (χ0n) is 9.89. The molecule has 0 spiro atoms. The maximum atomic E-state index is 5.68. The van der Waals surface area contributed by atoms with Crippen LogP contribution in [0.1, 0.15) is 25.0 Å². The third-order valence-corrected chi connectivity index (χ3v) is 2.28. The minimum Gasteiger partial charge on any atom is -0.379 e. The van der Waals surface area contributed by atoms with E-state index < -0.39 is 0 Å². The lowest BCUT2D eigenvalue weighted by Crippen LogP contribution is -2.18. The average Bonchev–Trinajstić information content (AvgIpc) is 2.35. The number of rotatable bonds is 8. The van der Waals surface area contributed by atoms with E-state index in [1.165, 1.54) is 0 Å². The Labute approximate surface area is 97.6 Å². The van der Waals surface area contributed by atoms with E-state index in [1.807, 2.05) is 30.3 Å². The Morgan fingerprint density at radius 3 is 2.50 bits per heavy atom. The molecule has 0 aliphatic heterocycles. The van der Waals surface area contributed by atoms with Crippen molar-refractivity contribution in [2.24, 2.45) is 5.73 Å². The van der Waals surface area contributed by atoms with Crippen molar-refractivity contribution in [3.63, 3.8) is 0 Å². The number of hydrogen-bond donors (Lipinski definition) is 1. The van der Waals surface area contributed by atoms with Gasteiger partial charge in [-0.3, -0.25) is 0 Å².